The van der Waals surface area contributed by atoms with Gasteiger partial charge in [0.15, 0.2) is 0 Å². The van der Waals surface area contributed by atoms with E-state index in [1.165, 1.54) is 23.9 Å². The first-order valence-corrected chi connectivity index (χ1v) is 8.75. The summed E-state index contributed by atoms with van der Waals surface area (Å²) in [7, 11) is -5.60. The molecule has 9 heteroatoms. The fourth-order valence-electron chi connectivity index (χ4n) is 1.31. The summed E-state index contributed by atoms with van der Waals surface area (Å²) < 4.78 is 61.8. The van der Waals surface area contributed by atoms with Gasteiger partial charge >= 0.3 is 15.6 Å². The van der Waals surface area contributed by atoms with Gasteiger partial charge in [0.05, 0.1) is 0 Å². The summed E-state index contributed by atoms with van der Waals surface area (Å²) in [6.45, 7) is 0. The minimum absolute atomic E-state index is 0.152. The number of halogens is 3. The van der Waals surface area contributed by atoms with Crippen LogP contribution in [0, 0.1) is 0 Å². The zero-order valence-corrected chi connectivity index (χ0v) is 13.2. The van der Waals surface area contributed by atoms with Gasteiger partial charge < -0.3 is 0 Å². The number of hydrogen-bond acceptors (Lipinski definition) is 5. The highest BCUT2D eigenvalue weighted by Crippen LogP contribution is 2.33. The summed E-state index contributed by atoms with van der Waals surface area (Å²) in [6, 6.07) is 15.8. The molecule has 0 aromatic heterocycles. The maximum absolute atomic E-state index is 12.1. The van der Waals surface area contributed by atoms with Crippen molar-refractivity contribution in [3.63, 3.8) is 0 Å². The highest BCUT2D eigenvalue weighted by atomic mass is 32.3. The van der Waals surface area contributed by atoms with Gasteiger partial charge in [-0.05, 0) is 36.4 Å². The van der Waals surface area contributed by atoms with Crippen molar-refractivity contribution >= 4 is 33.9 Å². The van der Waals surface area contributed by atoms with Crippen molar-refractivity contribution < 1.29 is 25.2 Å². The van der Waals surface area contributed by atoms with Gasteiger partial charge in [-0.15, -0.1) is 0 Å². The fourth-order valence-corrected chi connectivity index (χ4v) is 3.38. The summed E-state index contributed by atoms with van der Waals surface area (Å²) in [6.07, 6.45) is 0. The summed E-state index contributed by atoms with van der Waals surface area (Å²) in [5.74, 6) is 0. The van der Waals surface area contributed by atoms with E-state index in [4.69, 9.17) is 0 Å². The van der Waals surface area contributed by atoms with Crippen molar-refractivity contribution in [2.24, 2.45) is 0 Å². The molecule has 0 N–H and O–H groups in total. The summed E-state index contributed by atoms with van der Waals surface area (Å²) in [5.41, 5.74) is -5.43. The third-order valence-corrected chi connectivity index (χ3v) is 5.34. The molecule has 2 aromatic rings. The molecule has 0 aliphatic heterocycles. The predicted octanol–water partition coefficient (Wildman–Crippen LogP) is 4.71. The van der Waals surface area contributed by atoms with Gasteiger partial charge in [-0.25, -0.2) is 0 Å². The minimum Gasteiger partial charge on any atom is -0.189 e. The largest absolute Gasteiger partial charge is 0.524 e. The first-order chi connectivity index (χ1) is 10.3. The second-order valence-corrected chi connectivity index (χ2v) is 7.64. The lowest BCUT2D eigenvalue weighted by atomic mass is 10.4. The minimum atomic E-state index is -5.60. The second kappa shape index (κ2) is 6.95. The van der Waals surface area contributed by atoms with Crippen molar-refractivity contribution in [2.75, 3.05) is 0 Å². The van der Waals surface area contributed by atoms with E-state index in [2.05, 4.69) is 3.63 Å². The molecule has 0 aliphatic carbocycles. The Balaban J connectivity index is 1.98. The zero-order chi connectivity index (χ0) is 16.2. The van der Waals surface area contributed by atoms with Crippen molar-refractivity contribution in [2.45, 2.75) is 20.2 Å². The van der Waals surface area contributed by atoms with Gasteiger partial charge in [0.25, 0.3) is 0 Å². The highest BCUT2D eigenvalue weighted by Gasteiger charge is 2.47. The van der Waals surface area contributed by atoms with Crippen molar-refractivity contribution in [1.29, 1.82) is 0 Å². The molecule has 3 nitrogen and oxygen atoms in total. The molecule has 0 fully saturated rings. The third kappa shape index (κ3) is 4.67. The molecule has 118 valence electrons. The van der Waals surface area contributed by atoms with E-state index in [0.29, 0.717) is 0 Å². The Kier molecular flexibility index (Phi) is 5.43. The zero-order valence-electron chi connectivity index (χ0n) is 10.8. The monoisotopic (exact) mass is 366 g/mol. The standard InChI is InChI=1S/C13H9F3O3S3/c14-13(15,16)22(17,18)19-21-12-8-6-11(7-9-12)20-10-4-2-1-3-5-10/h1-9H. The van der Waals surface area contributed by atoms with Crippen LogP contribution in [0.25, 0.3) is 0 Å². The third-order valence-electron chi connectivity index (χ3n) is 2.31. The SMILES string of the molecule is O=S(=O)(OSc1ccc(Sc2ccccc2)cc1)C(F)(F)F. The van der Waals surface area contributed by atoms with Crippen LogP contribution in [-0.2, 0) is 13.7 Å². The van der Waals surface area contributed by atoms with Crippen LogP contribution < -0.4 is 0 Å². The number of benzene rings is 2. The van der Waals surface area contributed by atoms with Crippen LogP contribution in [0.15, 0.2) is 69.3 Å². The van der Waals surface area contributed by atoms with Crippen molar-refractivity contribution in [3.05, 3.63) is 54.6 Å². The molecular formula is C13H9F3O3S3. The lowest BCUT2D eigenvalue weighted by Gasteiger charge is -2.07. The Morgan fingerprint density at radius 2 is 1.32 bits per heavy atom. The quantitative estimate of drug-likeness (QED) is 0.566. The molecule has 0 unspecified atom stereocenters. The number of hydrogen-bond donors (Lipinski definition) is 0. The smallest absolute Gasteiger partial charge is 0.189 e. The van der Waals surface area contributed by atoms with Gasteiger partial charge in [0.2, 0.25) is 0 Å². The van der Waals surface area contributed by atoms with E-state index < -0.39 is 15.6 Å². The molecular weight excluding hydrogens is 357 g/mol. The van der Waals surface area contributed by atoms with E-state index >= 15 is 0 Å². The predicted molar refractivity (Wildman–Crippen MR) is 78.9 cm³/mol. The van der Waals surface area contributed by atoms with Gasteiger partial charge in [-0.2, -0.15) is 25.2 Å². The second-order valence-electron chi connectivity index (χ2n) is 3.94. The summed E-state index contributed by atoms with van der Waals surface area (Å²) in [4.78, 5) is 2.14. The molecule has 2 aromatic carbocycles. The molecule has 2 rings (SSSR count). The first kappa shape index (κ1) is 17.2. The fraction of sp³-hybridized carbons (Fsp3) is 0.0769. The van der Waals surface area contributed by atoms with Crippen LogP contribution >= 0.6 is 23.8 Å². The average Bonchev–Trinajstić information content (AvgIpc) is 2.46. The lowest BCUT2D eigenvalue weighted by molar-refractivity contribution is -0.0494. The van der Waals surface area contributed by atoms with Crippen LogP contribution in [-0.4, -0.2) is 13.9 Å². The Labute approximate surface area is 134 Å². The molecule has 0 aliphatic rings. The van der Waals surface area contributed by atoms with E-state index in [1.54, 1.807) is 12.1 Å². The summed E-state index contributed by atoms with van der Waals surface area (Å²) in [5, 5.41) is 0. The normalized spacial score (nSPS) is 12.3. The maximum atomic E-state index is 12.1. The van der Waals surface area contributed by atoms with Crippen LogP contribution in [0.3, 0.4) is 0 Å². The van der Waals surface area contributed by atoms with E-state index in [0.717, 1.165) is 9.79 Å². The molecule has 0 saturated heterocycles. The first-order valence-electron chi connectivity index (χ1n) is 5.78. The van der Waals surface area contributed by atoms with E-state index in [9.17, 15) is 21.6 Å². The Bertz CT molecular complexity index is 714. The molecule has 0 saturated carbocycles. The molecule has 0 spiro atoms. The molecule has 0 atom stereocenters. The topological polar surface area (TPSA) is 43.4 Å². The van der Waals surface area contributed by atoms with E-state index in [-0.39, 0.29) is 16.9 Å². The van der Waals surface area contributed by atoms with Gasteiger partial charge in [-0.3, -0.25) is 0 Å². The van der Waals surface area contributed by atoms with Gasteiger partial charge in [-0.1, -0.05) is 30.0 Å². The van der Waals surface area contributed by atoms with Crippen molar-refractivity contribution in [1.82, 2.24) is 0 Å². The lowest BCUT2D eigenvalue weighted by Crippen LogP contribution is -2.23. The number of rotatable bonds is 5. The molecule has 0 amide bonds. The molecule has 22 heavy (non-hydrogen) atoms. The Morgan fingerprint density at radius 3 is 1.86 bits per heavy atom. The maximum Gasteiger partial charge on any atom is 0.524 e. The van der Waals surface area contributed by atoms with Gasteiger partial charge in [0, 0.05) is 26.7 Å². The number of alkyl halides is 3. The molecule has 0 bridgehead atoms. The summed E-state index contributed by atoms with van der Waals surface area (Å²) >= 11 is 1.63. The Hall–Kier alpha value is -1.16. The van der Waals surface area contributed by atoms with Crippen LogP contribution in [0.5, 0.6) is 0 Å². The Morgan fingerprint density at radius 1 is 0.818 bits per heavy atom. The van der Waals surface area contributed by atoms with Crippen LogP contribution in [0.1, 0.15) is 0 Å². The highest BCUT2D eigenvalue weighted by molar-refractivity contribution is 8.04. The van der Waals surface area contributed by atoms with Crippen LogP contribution in [0.4, 0.5) is 13.2 Å². The van der Waals surface area contributed by atoms with Crippen molar-refractivity contribution in [3.8, 4) is 0 Å². The van der Waals surface area contributed by atoms with E-state index in [1.807, 2.05) is 30.3 Å². The average molecular weight is 366 g/mol. The van der Waals surface area contributed by atoms with Crippen LogP contribution in [0.2, 0.25) is 0 Å². The van der Waals surface area contributed by atoms with Gasteiger partial charge in [0.1, 0.15) is 0 Å². The molecule has 0 heterocycles. The molecule has 0 radical (unpaired) electrons.